The van der Waals surface area contributed by atoms with Crippen LogP contribution in [0.2, 0.25) is 0 Å². The average molecular weight is 376 g/mol. The molecule has 1 aromatic carbocycles. The molecule has 0 radical (unpaired) electrons. The number of rotatable bonds is 8. The molecule has 0 aliphatic heterocycles. The third-order valence-corrected chi connectivity index (χ3v) is 2.85. The molecule has 1 aromatic heterocycles. The normalized spacial score (nSPS) is 9.96. The van der Waals surface area contributed by atoms with Crippen LogP contribution in [0.15, 0.2) is 55.1 Å². The molecular formula is C18H20N2O7. The zero-order valence-corrected chi connectivity index (χ0v) is 14.6. The van der Waals surface area contributed by atoms with Crippen molar-refractivity contribution in [2.24, 2.45) is 0 Å². The summed E-state index contributed by atoms with van der Waals surface area (Å²) in [5.74, 6) is -2.21. The first-order chi connectivity index (χ1) is 12.9. The highest BCUT2D eigenvalue weighted by atomic mass is 16.6. The van der Waals surface area contributed by atoms with Crippen LogP contribution in [0.1, 0.15) is 12.5 Å². The molecule has 2 rings (SSSR count). The van der Waals surface area contributed by atoms with Crippen molar-refractivity contribution < 1.29 is 34.1 Å². The van der Waals surface area contributed by atoms with Gasteiger partial charge in [0.25, 0.3) is 0 Å². The first-order valence-corrected chi connectivity index (χ1v) is 7.87. The monoisotopic (exact) mass is 376 g/mol. The Morgan fingerprint density at radius 2 is 1.89 bits per heavy atom. The fourth-order valence-corrected chi connectivity index (χ4v) is 1.81. The molecule has 0 bridgehead atoms. The number of esters is 1. The Hall–Kier alpha value is -3.62. The van der Waals surface area contributed by atoms with E-state index in [0.29, 0.717) is 24.5 Å². The molecule has 0 aliphatic rings. The lowest BCUT2D eigenvalue weighted by Crippen LogP contribution is -2.14. The third kappa shape index (κ3) is 10.1. The van der Waals surface area contributed by atoms with Crippen molar-refractivity contribution in [1.82, 2.24) is 9.55 Å². The number of carboxylic acids is 2. The van der Waals surface area contributed by atoms with Gasteiger partial charge >= 0.3 is 17.9 Å². The Balaban J connectivity index is 0.000000387. The third-order valence-electron chi connectivity index (χ3n) is 2.85. The Morgan fingerprint density at radius 1 is 1.19 bits per heavy atom. The quantitative estimate of drug-likeness (QED) is 0.525. The van der Waals surface area contributed by atoms with Gasteiger partial charge in [0.15, 0.2) is 6.61 Å². The number of nitrogens with zero attached hydrogens (tertiary/aromatic N) is 2. The molecule has 0 amide bonds. The van der Waals surface area contributed by atoms with Crippen LogP contribution >= 0.6 is 0 Å². The second-order valence-corrected chi connectivity index (χ2v) is 4.99. The minimum atomic E-state index is -1.26. The minimum Gasteiger partial charge on any atom is -0.482 e. The summed E-state index contributed by atoms with van der Waals surface area (Å²) in [5, 5.41) is 15.6. The fraction of sp³-hybridized carbons (Fsp3) is 0.222. The maximum Gasteiger partial charge on any atom is 0.344 e. The van der Waals surface area contributed by atoms with Crippen LogP contribution in [0, 0.1) is 0 Å². The van der Waals surface area contributed by atoms with Gasteiger partial charge in [0, 0.05) is 31.1 Å². The molecule has 27 heavy (non-hydrogen) atoms. The van der Waals surface area contributed by atoms with E-state index < -0.39 is 11.9 Å². The predicted octanol–water partition coefficient (Wildman–Crippen LogP) is 1.59. The van der Waals surface area contributed by atoms with Crippen molar-refractivity contribution in [1.29, 1.82) is 0 Å². The van der Waals surface area contributed by atoms with Gasteiger partial charge in [-0.1, -0.05) is 12.1 Å². The molecule has 0 saturated carbocycles. The van der Waals surface area contributed by atoms with Crippen LogP contribution < -0.4 is 4.74 Å². The largest absolute Gasteiger partial charge is 0.482 e. The number of imidazole rings is 1. The second-order valence-electron chi connectivity index (χ2n) is 4.99. The Kier molecular flexibility index (Phi) is 9.40. The van der Waals surface area contributed by atoms with Crippen LogP contribution in [-0.4, -0.2) is 50.9 Å². The van der Waals surface area contributed by atoms with E-state index in [4.69, 9.17) is 19.7 Å². The van der Waals surface area contributed by atoms with Gasteiger partial charge < -0.3 is 24.3 Å². The zero-order chi connectivity index (χ0) is 20.1. The van der Waals surface area contributed by atoms with E-state index in [1.54, 1.807) is 19.4 Å². The van der Waals surface area contributed by atoms with E-state index in [2.05, 4.69) is 4.98 Å². The number of ether oxygens (including phenoxy) is 2. The molecule has 2 aromatic rings. The Labute approximate surface area is 155 Å². The highest BCUT2D eigenvalue weighted by Crippen LogP contribution is 2.14. The van der Waals surface area contributed by atoms with E-state index in [-0.39, 0.29) is 12.6 Å². The molecule has 0 aliphatic carbocycles. The smallest absolute Gasteiger partial charge is 0.344 e. The molecule has 0 atom stereocenters. The molecule has 1 heterocycles. The highest BCUT2D eigenvalue weighted by molar-refractivity contribution is 5.89. The molecule has 0 unspecified atom stereocenters. The standard InChI is InChI=1S/C14H16N2O3.C4H4O4/c1-2-18-14(17)10-19-13-5-3-4-12(8-13)9-16-7-6-15-11-16;5-3(6)1-2-4(7)8/h3-8,11H,2,9-10H2,1H3;1-2H,(H,5,6)(H,7,8). The molecule has 0 fully saturated rings. The number of carboxylic acid groups (broad SMARTS) is 2. The first-order valence-electron chi connectivity index (χ1n) is 7.87. The van der Waals surface area contributed by atoms with Gasteiger partial charge in [0.1, 0.15) is 5.75 Å². The number of benzene rings is 1. The van der Waals surface area contributed by atoms with Gasteiger partial charge in [0.05, 0.1) is 12.9 Å². The summed E-state index contributed by atoms with van der Waals surface area (Å²) in [6.45, 7) is 2.78. The zero-order valence-electron chi connectivity index (χ0n) is 14.6. The number of carbonyl (C=O) groups is 3. The molecule has 9 heteroatoms. The summed E-state index contributed by atoms with van der Waals surface area (Å²) in [7, 11) is 0. The van der Waals surface area contributed by atoms with Gasteiger partial charge in [-0.15, -0.1) is 0 Å². The topological polar surface area (TPSA) is 128 Å². The summed E-state index contributed by atoms with van der Waals surface area (Å²) >= 11 is 0. The molecule has 2 N–H and O–H groups in total. The molecule has 144 valence electrons. The van der Waals surface area contributed by atoms with E-state index in [9.17, 15) is 14.4 Å². The van der Waals surface area contributed by atoms with Gasteiger partial charge in [-0.25, -0.2) is 19.4 Å². The van der Waals surface area contributed by atoms with Crippen molar-refractivity contribution in [3.05, 3.63) is 60.7 Å². The fourth-order valence-electron chi connectivity index (χ4n) is 1.81. The van der Waals surface area contributed by atoms with Crippen molar-refractivity contribution in [2.45, 2.75) is 13.5 Å². The molecule has 0 saturated heterocycles. The number of carbonyl (C=O) groups excluding carboxylic acids is 1. The average Bonchev–Trinajstić information content (AvgIpc) is 3.12. The van der Waals surface area contributed by atoms with Crippen LogP contribution in [0.5, 0.6) is 5.75 Å². The summed E-state index contributed by atoms with van der Waals surface area (Å²) in [6.07, 6.45) is 6.50. The summed E-state index contributed by atoms with van der Waals surface area (Å²) < 4.78 is 12.1. The number of hydrogen-bond donors (Lipinski definition) is 2. The number of hydrogen-bond acceptors (Lipinski definition) is 6. The number of aromatic nitrogens is 2. The van der Waals surface area contributed by atoms with Gasteiger partial charge in [-0.3, -0.25) is 0 Å². The SMILES string of the molecule is CCOC(=O)COc1cccc(Cn2ccnc2)c1.O=C(O)C=CC(=O)O. The Bertz CT molecular complexity index is 754. The van der Waals surface area contributed by atoms with Crippen molar-refractivity contribution in [3.63, 3.8) is 0 Å². The maximum absolute atomic E-state index is 11.2. The van der Waals surface area contributed by atoms with E-state index in [0.717, 1.165) is 12.1 Å². The summed E-state index contributed by atoms with van der Waals surface area (Å²) in [4.78, 5) is 34.3. The maximum atomic E-state index is 11.2. The van der Waals surface area contributed by atoms with Crippen LogP contribution in [0.4, 0.5) is 0 Å². The van der Waals surface area contributed by atoms with E-state index >= 15 is 0 Å². The van der Waals surface area contributed by atoms with Crippen LogP contribution in [-0.2, 0) is 25.7 Å². The first kappa shape index (κ1) is 21.4. The highest BCUT2D eigenvalue weighted by Gasteiger charge is 2.03. The number of aliphatic carboxylic acids is 2. The van der Waals surface area contributed by atoms with Crippen LogP contribution in [0.3, 0.4) is 0 Å². The van der Waals surface area contributed by atoms with Crippen LogP contribution in [0.25, 0.3) is 0 Å². The molecule has 0 spiro atoms. The van der Waals surface area contributed by atoms with E-state index in [1.165, 1.54) is 0 Å². The Morgan fingerprint density at radius 3 is 2.44 bits per heavy atom. The van der Waals surface area contributed by atoms with Crippen molar-refractivity contribution in [2.75, 3.05) is 13.2 Å². The lowest BCUT2D eigenvalue weighted by molar-refractivity contribution is -0.145. The van der Waals surface area contributed by atoms with Crippen molar-refractivity contribution in [3.8, 4) is 5.75 Å². The van der Waals surface area contributed by atoms with Crippen molar-refractivity contribution >= 4 is 17.9 Å². The van der Waals surface area contributed by atoms with E-state index in [1.807, 2.05) is 35.0 Å². The van der Waals surface area contributed by atoms with Gasteiger partial charge in [0.2, 0.25) is 0 Å². The second kappa shape index (κ2) is 11.9. The minimum absolute atomic E-state index is 0.0671. The molecular weight excluding hydrogens is 356 g/mol. The summed E-state index contributed by atoms with van der Waals surface area (Å²) in [6, 6.07) is 7.61. The summed E-state index contributed by atoms with van der Waals surface area (Å²) in [5.41, 5.74) is 1.08. The van der Waals surface area contributed by atoms with Gasteiger partial charge in [-0.05, 0) is 24.6 Å². The lowest BCUT2D eigenvalue weighted by Gasteiger charge is -2.08. The lowest BCUT2D eigenvalue weighted by atomic mass is 10.2. The predicted molar refractivity (Wildman–Crippen MR) is 94.3 cm³/mol. The molecule has 9 nitrogen and oxygen atoms in total. The van der Waals surface area contributed by atoms with Gasteiger partial charge in [-0.2, -0.15) is 0 Å².